The number of likely N-dealkylation sites (N-methyl/N-ethyl adjacent to an activating group) is 1. The molecule has 0 aromatic heterocycles. The zero-order valence-corrected chi connectivity index (χ0v) is 11.6. The summed E-state index contributed by atoms with van der Waals surface area (Å²) in [6, 6.07) is 8.31. The minimum absolute atomic E-state index is 0.334. The molecule has 1 amide bonds. The normalized spacial score (nSPS) is 18.2. The van der Waals surface area contributed by atoms with Crippen LogP contribution in [0, 0.1) is 0 Å². The quantitative estimate of drug-likeness (QED) is 0.841. The van der Waals surface area contributed by atoms with Gasteiger partial charge >= 0.3 is 10.2 Å². The lowest BCUT2D eigenvalue weighted by molar-refractivity contribution is 0.0977. The van der Waals surface area contributed by atoms with Gasteiger partial charge in [0.15, 0.2) is 0 Å². The van der Waals surface area contributed by atoms with E-state index in [9.17, 15) is 13.2 Å². The van der Waals surface area contributed by atoms with E-state index in [-0.39, 0.29) is 0 Å². The predicted molar refractivity (Wildman–Crippen MR) is 71.9 cm³/mol. The summed E-state index contributed by atoms with van der Waals surface area (Å²) in [7, 11) is -1.81. The Hall–Kier alpha value is -1.44. The number of carbonyl (C=O) groups is 1. The number of amides is 1. The first-order valence-corrected chi connectivity index (χ1v) is 7.49. The van der Waals surface area contributed by atoms with Gasteiger partial charge in [-0.15, -0.1) is 0 Å². The van der Waals surface area contributed by atoms with E-state index in [4.69, 9.17) is 0 Å². The molecule has 1 N–H and O–H groups in total. The molecule has 0 saturated carbocycles. The van der Waals surface area contributed by atoms with Crippen molar-refractivity contribution in [2.24, 2.45) is 0 Å². The van der Waals surface area contributed by atoms with Crippen LogP contribution in [0.1, 0.15) is 10.4 Å². The maximum Gasteiger partial charge on any atom is 0.304 e. The SMILES string of the molecule is CN1CCN(S(=O)(=O)NC(=O)c2ccccc2)CC1. The van der Waals surface area contributed by atoms with Crippen LogP contribution in [0.25, 0.3) is 0 Å². The van der Waals surface area contributed by atoms with Gasteiger partial charge in [0.2, 0.25) is 0 Å². The molecular formula is C12H17N3O3S. The minimum Gasteiger partial charge on any atom is -0.304 e. The fourth-order valence-electron chi connectivity index (χ4n) is 1.86. The highest BCUT2D eigenvalue weighted by Crippen LogP contribution is 2.06. The maximum absolute atomic E-state index is 12.1. The standard InChI is InChI=1S/C12H17N3O3S/c1-14-7-9-15(10-8-14)19(17,18)13-12(16)11-5-3-2-4-6-11/h2-6H,7-10H2,1H3,(H,13,16). The molecule has 1 heterocycles. The average Bonchev–Trinajstić information content (AvgIpc) is 2.40. The van der Waals surface area contributed by atoms with Crippen molar-refractivity contribution in [1.29, 1.82) is 0 Å². The van der Waals surface area contributed by atoms with Gasteiger partial charge in [-0.2, -0.15) is 12.7 Å². The summed E-state index contributed by atoms with van der Waals surface area (Å²) in [6.07, 6.45) is 0. The van der Waals surface area contributed by atoms with E-state index in [1.54, 1.807) is 30.3 Å². The van der Waals surface area contributed by atoms with E-state index in [1.807, 2.05) is 11.9 Å². The van der Waals surface area contributed by atoms with Gasteiger partial charge in [0.1, 0.15) is 0 Å². The van der Waals surface area contributed by atoms with Crippen LogP contribution in [0.5, 0.6) is 0 Å². The first-order chi connectivity index (χ1) is 8.99. The van der Waals surface area contributed by atoms with Crippen molar-refractivity contribution in [3.05, 3.63) is 35.9 Å². The molecular weight excluding hydrogens is 266 g/mol. The van der Waals surface area contributed by atoms with Crippen molar-refractivity contribution in [2.75, 3.05) is 33.2 Å². The second-order valence-electron chi connectivity index (χ2n) is 4.50. The summed E-state index contributed by atoms with van der Waals surface area (Å²) in [5.41, 5.74) is 0.334. The van der Waals surface area contributed by atoms with Gasteiger partial charge in [-0.3, -0.25) is 4.79 Å². The van der Waals surface area contributed by atoms with Crippen molar-refractivity contribution in [1.82, 2.24) is 13.9 Å². The minimum atomic E-state index is -3.75. The summed E-state index contributed by atoms with van der Waals surface area (Å²) in [4.78, 5) is 13.9. The van der Waals surface area contributed by atoms with Crippen LogP contribution >= 0.6 is 0 Å². The monoisotopic (exact) mass is 283 g/mol. The molecule has 0 radical (unpaired) electrons. The molecule has 0 spiro atoms. The number of hydrogen-bond acceptors (Lipinski definition) is 4. The number of piperazine rings is 1. The largest absolute Gasteiger partial charge is 0.304 e. The average molecular weight is 283 g/mol. The Balaban J connectivity index is 2.03. The van der Waals surface area contributed by atoms with Crippen LogP contribution in [0.3, 0.4) is 0 Å². The first-order valence-electron chi connectivity index (χ1n) is 6.05. The number of carbonyl (C=O) groups excluding carboxylic acids is 1. The molecule has 2 rings (SSSR count). The highest BCUT2D eigenvalue weighted by atomic mass is 32.2. The van der Waals surface area contributed by atoms with Crippen LogP contribution in [-0.4, -0.2) is 56.8 Å². The van der Waals surface area contributed by atoms with Gasteiger partial charge < -0.3 is 4.90 Å². The molecule has 1 aromatic rings. The topological polar surface area (TPSA) is 69.7 Å². The summed E-state index contributed by atoms with van der Waals surface area (Å²) in [6.45, 7) is 2.13. The second kappa shape index (κ2) is 5.68. The third-order valence-corrected chi connectivity index (χ3v) is 4.55. The lowest BCUT2D eigenvalue weighted by Crippen LogP contribution is -2.51. The number of rotatable bonds is 3. The van der Waals surface area contributed by atoms with Gasteiger partial charge in [-0.05, 0) is 19.2 Å². The van der Waals surface area contributed by atoms with Gasteiger partial charge in [0, 0.05) is 31.7 Å². The predicted octanol–water partition coefficient (Wildman–Crippen LogP) is -0.0914. The molecule has 1 saturated heterocycles. The van der Waals surface area contributed by atoms with Crippen molar-refractivity contribution in [3.8, 4) is 0 Å². The third-order valence-electron chi connectivity index (χ3n) is 3.06. The zero-order valence-electron chi connectivity index (χ0n) is 10.7. The number of benzene rings is 1. The molecule has 6 nitrogen and oxygen atoms in total. The molecule has 1 fully saturated rings. The van der Waals surface area contributed by atoms with Crippen LogP contribution < -0.4 is 4.72 Å². The highest BCUT2D eigenvalue weighted by molar-refractivity contribution is 7.87. The summed E-state index contributed by atoms with van der Waals surface area (Å²) >= 11 is 0. The Labute approximate surface area is 113 Å². The maximum atomic E-state index is 12.1. The molecule has 1 aromatic carbocycles. The van der Waals surface area contributed by atoms with E-state index in [1.165, 1.54) is 4.31 Å². The Morgan fingerprint density at radius 2 is 1.68 bits per heavy atom. The number of nitrogens with zero attached hydrogens (tertiary/aromatic N) is 2. The molecule has 7 heteroatoms. The number of hydrogen-bond donors (Lipinski definition) is 1. The first kappa shape index (κ1) is 14.0. The summed E-state index contributed by atoms with van der Waals surface area (Å²) < 4.78 is 27.5. The van der Waals surface area contributed by atoms with E-state index < -0.39 is 16.1 Å². The van der Waals surface area contributed by atoms with E-state index in [0.717, 1.165) is 0 Å². The van der Waals surface area contributed by atoms with Crippen molar-refractivity contribution < 1.29 is 13.2 Å². The Bertz CT molecular complexity index is 537. The Morgan fingerprint density at radius 3 is 2.26 bits per heavy atom. The van der Waals surface area contributed by atoms with Crippen LogP contribution in [0.4, 0.5) is 0 Å². The smallest absolute Gasteiger partial charge is 0.304 e. The highest BCUT2D eigenvalue weighted by Gasteiger charge is 2.27. The lowest BCUT2D eigenvalue weighted by atomic mass is 10.2. The van der Waals surface area contributed by atoms with Gasteiger partial charge in [-0.1, -0.05) is 18.2 Å². The molecule has 0 unspecified atom stereocenters. The summed E-state index contributed by atoms with van der Waals surface area (Å²) in [5, 5.41) is 0. The van der Waals surface area contributed by atoms with Gasteiger partial charge in [0.25, 0.3) is 5.91 Å². The van der Waals surface area contributed by atoms with Crippen LogP contribution in [0.15, 0.2) is 30.3 Å². The summed E-state index contributed by atoms with van der Waals surface area (Å²) in [5.74, 6) is -0.598. The molecule has 0 bridgehead atoms. The van der Waals surface area contributed by atoms with Gasteiger partial charge in [0.05, 0.1) is 0 Å². The van der Waals surface area contributed by atoms with Gasteiger partial charge in [-0.25, -0.2) is 4.72 Å². The van der Waals surface area contributed by atoms with Crippen LogP contribution in [0.2, 0.25) is 0 Å². The fourth-order valence-corrected chi connectivity index (χ4v) is 2.98. The Morgan fingerprint density at radius 1 is 1.11 bits per heavy atom. The molecule has 0 aliphatic carbocycles. The zero-order chi connectivity index (χ0) is 13.9. The van der Waals surface area contributed by atoms with E-state index >= 15 is 0 Å². The van der Waals surface area contributed by atoms with Crippen molar-refractivity contribution in [2.45, 2.75) is 0 Å². The Kier molecular flexibility index (Phi) is 4.18. The second-order valence-corrected chi connectivity index (χ2v) is 6.18. The molecule has 104 valence electrons. The van der Waals surface area contributed by atoms with Crippen molar-refractivity contribution >= 4 is 16.1 Å². The molecule has 1 aliphatic rings. The van der Waals surface area contributed by atoms with Crippen molar-refractivity contribution in [3.63, 3.8) is 0 Å². The third kappa shape index (κ3) is 3.52. The molecule has 19 heavy (non-hydrogen) atoms. The molecule has 0 atom stereocenters. The van der Waals surface area contributed by atoms with Crippen LogP contribution in [-0.2, 0) is 10.2 Å². The fraction of sp³-hybridized carbons (Fsp3) is 0.417. The lowest BCUT2D eigenvalue weighted by Gasteiger charge is -2.31. The number of nitrogens with one attached hydrogen (secondary N) is 1. The van der Waals surface area contributed by atoms with E-state index in [0.29, 0.717) is 31.7 Å². The molecule has 1 aliphatic heterocycles. The van der Waals surface area contributed by atoms with E-state index in [2.05, 4.69) is 4.72 Å².